The molecule has 0 aliphatic carbocycles. The van der Waals surface area contributed by atoms with Gasteiger partial charge >= 0.3 is 0 Å². The summed E-state index contributed by atoms with van der Waals surface area (Å²) < 4.78 is 1.93. The summed E-state index contributed by atoms with van der Waals surface area (Å²) >= 11 is 0. The normalized spacial score (nSPS) is 14.3. The predicted molar refractivity (Wildman–Crippen MR) is 115 cm³/mol. The molecule has 1 aromatic heterocycles. The Labute approximate surface area is 171 Å². The zero-order chi connectivity index (χ0) is 18.6. The fraction of sp³-hybridized carbons (Fsp3) is 0.273. The Kier molecular flexibility index (Phi) is 6.49. The Hall–Kier alpha value is -2.63. The van der Waals surface area contributed by atoms with Gasteiger partial charge in [0.1, 0.15) is 0 Å². The number of rotatable bonds is 4. The summed E-state index contributed by atoms with van der Waals surface area (Å²) in [6.07, 6.45) is 3.71. The van der Waals surface area contributed by atoms with E-state index in [1.54, 1.807) is 6.20 Å². The van der Waals surface area contributed by atoms with Crippen molar-refractivity contribution in [2.45, 2.75) is 25.7 Å². The van der Waals surface area contributed by atoms with E-state index >= 15 is 0 Å². The van der Waals surface area contributed by atoms with Crippen LogP contribution in [-0.4, -0.2) is 28.8 Å². The van der Waals surface area contributed by atoms with Crippen molar-refractivity contribution < 1.29 is 4.79 Å². The van der Waals surface area contributed by atoms with E-state index in [0.717, 1.165) is 43.0 Å². The fourth-order valence-corrected chi connectivity index (χ4v) is 3.63. The van der Waals surface area contributed by atoms with Crippen molar-refractivity contribution in [1.29, 1.82) is 0 Å². The molecule has 2 heterocycles. The maximum absolute atomic E-state index is 13.0. The molecular formula is C22H25ClN4O. The molecular weight excluding hydrogens is 372 g/mol. The highest BCUT2D eigenvalue weighted by Crippen LogP contribution is 2.30. The van der Waals surface area contributed by atoms with Crippen LogP contribution in [0.5, 0.6) is 0 Å². The lowest BCUT2D eigenvalue weighted by Gasteiger charge is -2.24. The average Bonchev–Trinajstić information content (AvgIpc) is 3.16. The largest absolute Gasteiger partial charge is 0.322 e. The van der Waals surface area contributed by atoms with Gasteiger partial charge in [0.05, 0.1) is 23.1 Å². The number of amides is 1. The number of carbonyl (C=O) groups excluding carboxylic acids is 1. The highest BCUT2D eigenvalue weighted by molar-refractivity contribution is 6.05. The molecule has 1 amide bonds. The fourth-order valence-electron chi connectivity index (χ4n) is 3.63. The lowest BCUT2D eigenvalue weighted by Crippen LogP contribution is -2.29. The number of benzene rings is 2. The standard InChI is InChI=1S/C22H24N4O.ClH/c1-16-7-9-18(10-8-16)25-22(27)20-15-24-26(19-5-3-2-4-6-19)21(20)17-11-13-23-14-12-17;/h2-10,15,17,23H,11-14H2,1H3,(H,25,27);1H. The van der Waals surface area contributed by atoms with Gasteiger partial charge in [-0.05, 0) is 57.1 Å². The van der Waals surface area contributed by atoms with Gasteiger partial charge in [-0.3, -0.25) is 4.79 Å². The molecule has 0 radical (unpaired) electrons. The van der Waals surface area contributed by atoms with Crippen molar-refractivity contribution in [2.24, 2.45) is 0 Å². The molecule has 0 bridgehead atoms. The van der Waals surface area contributed by atoms with Gasteiger partial charge in [-0.2, -0.15) is 5.10 Å². The van der Waals surface area contributed by atoms with E-state index in [-0.39, 0.29) is 18.3 Å². The number of halogens is 1. The molecule has 0 spiro atoms. The summed E-state index contributed by atoms with van der Waals surface area (Å²) in [5.41, 5.74) is 4.62. The van der Waals surface area contributed by atoms with E-state index in [0.29, 0.717) is 11.5 Å². The first kappa shape index (κ1) is 20.1. The SMILES string of the molecule is Cc1ccc(NC(=O)c2cnn(-c3ccccc3)c2C2CCNCC2)cc1.Cl. The van der Waals surface area contributed by atoms with Crippen LogP contribution in [0.25, 0.3) is 5.69 Å². The Morgan fingerprint density at radius 1 is 1.07 bits per heavy atom. The minimum absolute atomic E-state index is 0. The van der Waals surface area contributed by atoms with Crippen molar-refractivity contribution in [2.75, 3.05) is 18.4 Å². The zero-order valence-corrected chi connectivity index (χ0v) is 16.7. The van der Waals surface area contributed by atoms with E-state index < -0.39 is 0 Å². The number of hydrogen-bond donors (Lipinski definition) is 2. The van der Waals surface area contributed by atoms with Gasteiger partial charge in [-0.1, -0.05) is 35.9 Å². The second-order valence-electron chi connectivity index (χ2n) is 7.04. The van der Waals surface area contributed by atoms with Crippen LogP contribution in [0.4, 0.5) is 5.69 Å². The number of nitrogens with zero attached hydrogens (tertiary/aromatic N) is 2. The first-order chi connectivity index (χ1) is 13.2. The smallest absolute Gasteiger partial charge is 0.259 e. The molecule has 2 aromatic carbocycles. The number of nitrogens with one attached hydrogen (secondary N) is 2. The van der Waals surface area contributed by atoms with Crippen LogP contribution in [0, 0.1) is 6.92 Å². The van der Waals surface area contributed by atoms with Gasteiger partial charge in [0.25, 0.3) is 5.91 Å². The summed E-state index contributed by atoms with van der Waals surface area (Å²) in [4.78, 5) is 13.0. The molecule has 0 atom stereocenters. The number of piperidine rings is 1. The Morgan fingerprint density at radius 3 is 2.43 bits per heavy atom. The topological polar surface area (TPSA) is 59.0 Å². The lowest BCUT2D eigenvalue weighted by atomic mass is 9.91. The third-order valence-corrected chi connectivity index (χ3v) is 5.09. The van der Waals surface area contributed by atoms with Crippen LogP contribution in [0.2, 0.25) is 0 Å². The number of para-hydroxylation sites is 1. The summed E-state index contributed by atoms with van der Waals surface area (Å²) in [6, 6.07) is 17.9. The lowest BCUT2D eigenvalue weighted by molar-refractivity contribution is 0.102. The third-order valence-electron chi connectivity index (χ3n) is 5.09. The number of anilines is 1. The van der Waals surface area contributed by atoms with Crippen LogP contribution in [0.1, 0.15) is 40.4 Å². The van der Waals surface area contributed by atoms with Crippen LogP contribution in [0.3, 0.4) is 0 Å². The first-order valence-electron chi connectivity index (χ1n) is 9.44. The third kappa shape index (κ3) is 4.26. The van der Waals surface area contributed by atoms with Crippen molar-refractivity contribution in [3.63, 3.8) is 0 Å². The quantitative estimate of drug-likeness (QED) is 0.690. The average molecular weight is 397 g/mol. The van der Waals surface area contributed by atoms with Crippen LogP contribution < -0.4 is 10.6 Å². The molecule has 1 aliphatic rings. The summed E-state index contributed by atoms with van der Waals surface area (Å²) in [7, 11) is 0. The molecule has 6 heteroatoms. The van der Waals surface area contributed by atoms with Crippen LogP contribution in [-0.2, 0) is 0 Å². The van der Waals surface area contributed by atoms with E-state index in [9.17, 15) is 4.79 Å². The molecule has 2 N–H and O–H groups in total. The van der Waals surface area contributed by atoms with Gasteiger partial charge in [0, 0.05) is 11.6 Å². The monoisotopic (exact) mass is 396 g/mol. The summed E-state index contributed by atoms with van der Waals surface area (Å²) in [5, 5.41) is 11.0. The van der Waals surface area contributed by atoms with E-state index in [4.69, 9.17) is 0 Å². The minimum Gasteiger partial charge on any atom is -0.322 e. The van der Waals surface area contributed by atoms with Crippen molar-refractivity contribution in [3.8, 4) is 5.69 Å². The Morgan fingerprint density at radius 2 is 1.75 bits per heavy atom. The molecule has 0 unspecified atom stereocenters. The molecule has 146 valence electrons. The molecule has 1 fully saturated rings. The van der Waals surface area contributed by atoms with Crippen molar-refractivity contribution in [1.82, 2.24) is 15.1 Å². The number of carbonyl (C=O) groups is 1. The van der Waals surface area contributed by atoms with Gasteiger partial charge in [-0.25, -0.2) is 4.68 Å². The molecule has 4 rings (SSSR count). The van der Waals surface area contributed by atoms with Gasteiger partial charge in [0.2, 0.25) is 0 Å². The Bertz CT molecular complexity index is 915. The van der Waals surface area contributed by atoms with Crippen molar-refractivity contribution >= 4 is 24.0 Å². The number of aromatic nitrogens is 2. The maximum Gasteiger partial charge on any atom is 0.259 e. The minimum atomic E-state index is -0.102. The highest BCUT2D eigenvalue weighted by Gasteiger charge is 2.27. The van der Waals surface area contributed by atoms with Gasteiger partial charge in [0.15, 0.2) is 0 Å². The number of hydrogen-bond acceptors (Lipinski definition) is 3. The molecule has 5 nitrogen and oxygen atoms in total. The zero-order valence-electron chi connectivity index (χ0n) is 15.9. The van der Waals surface area contributed by atoms with Crippen molar-refractivity contribution in [3.05, 3.63) is 77.6 Å². The van der Waals surface area contributed by atoms with Gasteiger partial charge in [-0.15, -0.1) is 12.4 Å². The predicted octanol–water partition coefficient (Wildman–Crippen LogP) is 4.32. The highest BCUT2D eigenvalue weighted by atomic mass is 35.5. The van der Waals surface area contributed by atoms with E-state index in [1.165, 1.54) is 5.56 Å². The maximum atomic E-state index is 13.0. The van der Waals surface area contributed by atoms with Crippen LogP contribution >= 0.6 is 12.4 Å². The molecule has 1 aliphatic heterocycles. The molecule has 1 saturated heterocycles. The first-order valence-corrected chi connectivity index (χ1v) is 9.44. The van der Waals surface area contributed by atoms with Gasteiger partial charge < -0.3 is 10.6 Å². The van der Waals surface area contributed by atoms with E-state index in [1.807, 2.05) is 66.2 Å². The number of aryl methyl sites for hydroxylation is 1. The molecule has 28 heavy (non-hydrogen) atoms. The van der Waals surface area contributed by atoms with E-state index in [2.05, 4.69) is 15.7 Å². The summed E-state index contributed by atoms with van der Waals surface area (Å²) in [5.74, 6) is 0.210. The second-order valence-corrected chi connectivity index (χ2v) is 7.04. The Balaban J connectivity index is 0.00000225. The summed E-state index contributed by atoms with van der Waals surface area (Å²) in [6.45, 7) is 3.96. The van der Waals surface area contributed by atoms with Crippen LogP contribution in [0.15, 0.2) is 60.8 Å². The molecule has 0 saturated carbocycles. The molecule has 3 aromatic rings. The second kappa shape index (κ2) is 9.04.